The quantitative estimate of drug-likeness (QED) is 0.200. The minimum Gasteiger partial charge on any atom is -0.467 e. The van der Waals surface area contributed by atoms with Crippen molar-refractivity contribution in [1.82, 2.24) is 35.7 Å². The van der Waals surface area contributed by atoms with Gasteiger partial charge in [0.25, 0.3) is 0 Å². The van der Waals surface area contributed by atoms with Crippen molar-refractivity contribution < 1.29 is 38.2 Å². The SMILES string of the molecule is COC(=O)[C@H](Cc1ccccc1)NC(=O)[C@@H](NC(=O)C1(NC(=O)[C@H]2CCCN2C(=O)[C@H](Cc2cncn2C)NC(=O)OC(C)(C)C)CCCCCCC1)C1CCCCC1. The standard InChI is InChI=1S/C44H65N7O8/c1-43(2,3)59-42(57)47-33(27-32-28-45-29-50(32)4)39(54)51-25-17-22-35(51)37(52)49-44(23-15-7-6-8-16-24-44)41(56)48-36(31-20-13-10-14-21-31)38(53)46-34(40(55)58-5)26-30-18-11-9-12-19-30/h9,11-12,18-19,28-29,31,33-36H,6-8,10,13-17,20-27H2,1-5H3,(H,46,53)(H,47,57)(H,48,56)(H,49,52)/t33-,34-,35+,36-/m0/s1. The number of amides is 5. The molecule has 1 aliphatic heterocycles. The van der Waals surface area contributed by atoms with Gasteiger partial charge in [0.15, 0.2) is 0 Å². The summed E-state index contributed by atoms with van der Waals surface area (Å²) in [5.74, 6) is -2.54. The number of benzene rings is 1. The van der Waals surface area contributed by atoms with E-state index in [0.717, 1.165) is 56.9 Å². The Morgan fingerprint density at radius 1 is 0.831 bits per heavy atom. The third kappa shape index (κ3) is 12.5. The minimum absolute atomic E-state index is 0.124. The van der Waals surface area contributed by atoms with E-state index in [2.05, 4.69) is 26.3 Å². The number of aromatic nitrogens is 2. The second kappa shape index (κ2) is 20.8. The van der Waals surface area contributed by atoms with Crippen molar-refractivity contribution in [2.45, 2.75) is 159 Å². The van der Waals surface area contributed by atoms with E-state index >= 15 is 0 Å². The summed E-state index contributed by atoms with van der Waals surface area (Å²) < 4.78 is 12.4. The number of likely N-dealkylation sites (tertiary alicyclic amines) is 1. The number of ether oxygens (including phenoxy) is 2. The van der Waals surface area contributed by atoms with Gasteiger partial charge in [-0.25, -0.2) is 14.6 Å². The highest BCUT2D eigenvalue weighted by molar-refractivity contribution is 5.98. The van der Waals surface area contributed by atoms with Gasteiger partial charge in [0.1, 0.15) is 35.3 Å². The average molecular weight is 820 g/mol. The van der Waals surface area contributed by atoms with Gasteiger partial charge in [0.05, 0.1) is 13.4 Å². The largest absolute Gasteiger partial charge is 0.467 e. The van der Waals surface area contributed by atoms with Crippen LogP contribution in [0.1, 0.15) is 122 Å². The number of hydrogen-bond acceptors (Lipinski definition) is 9. The number of carbonyl (C=O) groups excluding carboxylic acids is 6. The van der Waals surface area contributed by atoms with Crippen molar-refractivity contribution in [3.63, 3.8) is 0 Å². The summed E-state index contributed by atoms with van der Waals surface area (Å²) in [6, 6.07) is 5.51. The van der Waals surface area contributed by atoms with Crippen LogP contribution in [0, 0.1) is 5.92 Å². The average Bonchev–Trinajstić information content (AvgIpc) is 3.86. The number of aryl methyl sites for hydroxylation is 1. The highest BCUT2D eigenvalue weighted by atomic mass is 16.6. The van der Waals surface area contributed by atoms with E-state index in [1.165, 1.54) is 12.0 Å². The first-order valence-electron chi connectivity index (χ1n) is 21.5. The molecule has 4 atom stereocenters. The van der Waals surface area contributed by atoms with Crippen molar-refractivity contribution >= 4 is 35.7 Å². The van der Waals surface area contributed by atoms with Gasteiger partial charge in [-0.15, -0.1) is 0 Å². The van der Waals surface area contributed by atoms with Gasteiger partial charge in [0.2, 0.25) is 23.6 Å². The maximum Gasteiger partial charge on any atom is 0.408 e. The van der Waals surface area contributed by atoms with E-state index in [-0.39, 0.29) is 18.8 Å². The first kappa shape index (κ1) is 45.1. The van der Waals surface area contributed by atoms with Crippen LogP contribution in [-0.2, 0) is 53.3 Å². The minimum atomic E-state index is -1.34. The van der Waals surface area contributed by atoms with E-state index in [9.17, 15) is 28.8 Å². The fourth-order valence-electron chi connectivity index (χ4n) is 8.77. The van der Waals surface area contributed by atoms with Crippen LogP contribution in [0.2, 0.25) is 0 Å². The predicted molar refractivity (Wildman–Crippen MR) is 221 cm³/mol. The van der Waals surface area contributed by atoms with Crippen LogP contribution in [0.4, 0.5) is 4.79 Å². The molecule has 2 aromatic rings. The van der Waals surface area contributed by atoms with Crippen molar-refractivity contribution in [2.75, 3.05) is 13.7 Å². The maximum atomic E-state index is 14.9. The molecule has 0 bridgehead atoms. The molecule has 0 radical (unpaired) electrons. The molecule has 4 N–H and O–H groups in total. The van der Waals surface area contributed by atoms with E-state index in [4.69, 9.17) is 9.47 Å². The number of nitrogens with one attached hydrogen (secondary N) is 4. The second-order valence-corrected chi connectivity index (χ2v) is 17.6. The number of rotatable bonds is 14. The van der Waals surface area contributed by atoms with Gasteiger partial charge in [-0.1, -0.05) is 81.7 Å². The van der Waals surface area contributed by atoms with Gasteiger partial charge >= 0.3 is 12.1 Å². The van der Waals surface area contributed by atoms with Gasteiger partial charge in [0, 0.05) is 38.3 Å². The zero-order valence-electron chi connectivity index (χ0n) is 35.6. The second-order valence-electron chi connectivity index (χ2n) is 17.6. The summed E-state index contributed by atoms with van der Waals surface area (Å²) in [6.45, 7) is 5.51. The molecule has 2 saturated carbocycles. The van der Waals surface area contributed by atoms with Gasteiger partial charge in [-0.2, -0.15) is 0 Å². The number of esters is 1. The molecule has 2 aliphatic carbocycles. The Morgan fingerprint density at radius 3 is 2.12 bits per heavy atom. The summed E-state index contributed by atoms with van der Waals surface area (Å²) in [4.78, 5) is 89.7. The lowest BCUT2D eigenvalue weighted by Crippen LogP contribution is -2.66. The number of alkyl carbamates (subject to hydrolysis) is 1. The third-order valence-electron chi connectivity index (χ3n) is 11.9. The first-order valence-corrected chi connectivity index (χ1v) is 21.5. The van der Waals surface area contributed by atoms with Crippen molar-refractivity contribution in [3.8, 4) is 0 Å². The molecular weight excluding hydrogens is 755 g/mol. The Bertz CT molecular complexity index is 1740. The topological polar surface area (TPSA) is 190 Å². The smallest absolute Gasteiger partial charge is 0.408 e. The predicted octanol–water partition coefficient (Wildman–Crippen LogP) is 4.41. The zero-order chi connectivity index (χ0) is 42.6. The molecule has 5 rings (SSSR count). The van der Waals surface area contributed by atoms with Gasteiger partial charge in [-0.3, -0.25) is 19.2 Å². The Morgan fingerprint density at radius 2 is 1.49 bits per heavy atom. The fourth-order valence-corrected chi connectivity index (χ4v) is 8.77. The maximum absolute atomic E-state index is 14.9. The van der Waals surface area contributed by atoms with Crippen LogP contribution in [0.3, 0.4) is 0 Å². The highest BCUT2D eigenvalue weighted by Crippen LogP contribution is 2.31. The van der Waals surface area contributed by atoms with Gasteiger partial charge in [-0.05, 0) is 70.8 Å². The molecule has 2 heterocycles. The molecule has 15 nitrogen and oxygen atoms in total. The molecule has 5 amide bonds. The highest BCUT2D eigenvalue weighted by Gasteiger charge is 2.46. The van der Waals surface area contributed by atoms with E-state index < -0.39 is 71.0 Å². The lowest BCUT2D eigenvalue weighted by atomic mass is 9.80. The Balaban J connectivity index is 1.38. The monoisotopic (exact) mass is 819 g/mol. The zero-order valence-corrected chi connectivity index (χ0v) is 35.6. The van der Waals surface area contributed by atoms with Crippen LogP contribution >= 0.6 is 0 Å². The first-order chi connectivity index (χ1) is 28.2. The Hall–Kier alpha value is -4.95. The molecule has 3 fully saturated rings. The van der Waals surface area contributed by atoms with Gasteiger partial charge < -0.3 is 40.2 Å². The lowest BCUT2D eigenvalue weighted by Gasteiger charge is -2.39. The van der Waals surface area contributed by atoms with Crippen LogP contribution in [0.5, 0.6) is 0 Å². The Kier molecular flexibility index (Phi) is 15.9. The molecule has 324 valence electrons. The van der Waals surface area contributed by atoms with Crippen LogP contribution in [0.15, 0.2) is 42.9 Å². The molecule has 59 heavy (non-hydrogen) atoms. The van der Waals surface area contributed by atoms with Crippen molar-refractivity contribution in [3.05, 3.63) is 54.1 Å². The molecule has 0 unspecified atom stereocenters. The molecular formula is C44H65N7O8. The molecule has 1 aromatic heterocycles. The molecule has 1 aromatic carbocycles. The summed E-state index contributed by atoms with van der Waals surface area (Å²) in [7, 11) is 3.08. The summed E-state index contributed by atoms with van der Waals surface area (Å²) >= 11 is 0. The molecule has 15 heteroatoms. The molecule has 3 aliphatic rings. The molecule has 0 spiro atoms. The third-order valence-corrected chi connectivity index (χ3v) is 11.9. The van der Waals surface area contributed by atoms with E-state index in [0.29, 0.717) is 50.8 Å². The normalized spacial score (nSPS) is 20.2. The number of carbonyl (C=O) groups is 6. The van der Waals surface area contributed by atoms with Crippen LogP contribution < -0.4 is 21.3 Å². The fraction of sp³-hybridized carbons (Fsp3) is 0.659. The Labute approximate surface area is 348 Å². The van der Waals surface area contributed by atoms with Crippen LogP contribution in [-0.4, -0.2) is 99.1 Å². The number of methoxy groups -OCH3 is 1. The van der Waals surface area contributed by atoms with Crippen LogP contribution in [0.25, 0.3) is 0 Å². The van der Waals surface area contributed by atoms with Crippen molar-refractivity contribution in [1.29, 1.82) is 0 Å². The summed E-state index contributed by atoms with van der Waals surface area (Å²) in [5, 5.41) is 11.9. The van der Waals surface area contributed by atoms with E-state index in [1.54, 1.807) is 44.9 Å². The molecule has 1 saturated heterocycles. The summed E-state index contributed by atoms with van der Waals surface area (Å²) in [6.07, 6.45) is 13.0. The summed E-state index contributed by atoms with van der Waals surface area (Å²) in [5.41, 5.74) is -0.578. The van der Waals surface area contributed by atoms with E-state index in [1.807, 2.05) is 30.3 Å². The lowest BCUT2D eigenvalue weighted by molar-refractivity contribution is -0.146. The number of nitrogens with zero attached hydrogens (tertiary/aromatic N) is 3. The number of hydrogen-bond donors (Lipinski definition) is 4. The van der Waals surface area contributed by atoms with Crippen molar-refractivity contribution in [2.24, 2.45) is 13.0 Å². The number of imidazole rings is 1.